The smallest absolute Gasteiger partial charge is 0.188 e. The average molecular weight is 317 g/mol. The van der Waals surface area contributed by atoms with Gasteiger partial charge < -0.3 is 18.9 Å². The van der Waals surface area contributed by atoms with E-state index in [4.69, 9.17) is 18.9 Å². The van der Waals surface area contributed by atoms with Gasteiger partial charge in [0, 0.05) is 19.8 Å². The minimum atomic E-state index is 0.199. The first-order chi connectivity index (χ1) is 8.72. The molecule has 0 aromatic heterocycles. The number of hydrogen-bond acceptors (Lipinski definition) is 4. The molecule has 0 heterocycles. The van der Waals surface area contributed by atoms with Crippen molar-refractivity contribution in [2.75, 3.05) is 27.8 Å². The summed E-state index contributed by atoms with van der Waals surface area (Å²) in [6.45, 7) is 4.13. The van der Waals surface area contributed by atoms with Gasteiger partial charge >= 0.3 is 0 Å². The predicted molar refractivity (Wildman–Crippen MR) is 73.1 cm³/mol. The van der Waals surface area contributed by atoms with E-state index in [1.807, 2.05) is 18.2 Å². The maximum absolute atomic E-state index is 5.49. The normalized spacial score (nSPS) is 10.2. The van der Waals surface area contributed by atoms with E-state index in [0.717, 1.165) is 15.8 Å². The van der Waals surface area contributed by atoms with E-state index < -0.39 is 0 Å². The highest BCUT2D eigenvalue weighted by Gasteiger charge is 2.10. The van der Waals surface area contributed by atoms with Crippen LogP contribution >= 0.6 is 15.9 Å². The van der Waals surface area contributed by atoms with Gasteiger partial charge in [-0.2, -0.15) is 0 Å². The largest absolute Gasteiger partial charge is 0.467 e. The Labute approximate surface area is 116 Å². The van der Waals surface area contributed by atoms with Gasteiger partial charge in [0.05, 0.1) is 4.47 Å². The molecule has 18 heavy (non-hydrogen) atoms. The lowest BCUT2D eigenvalue weighted by molar-refractivity contribution is 0.0474. The van der Waals surface area contributed by atoms with Gasteiger partial charge in [-0.15, -0.1) is 6.58 Å². The van der Waals surface area contributed by atoms with E-state index in [2.05, 4.69) is 22.5 Å². The fourth-order valence-electron chi connectivity index (χ4n) is 1.38. The highest BCUT2D eigenvalue weighted by Crippen LogP contribution is 2.33. The molecule has 1 aromatic rings. The standard InChI is InChI=1S/C13H17BrO4/c1-4-5-10-6-13(18-9-16-3)11(14)7-12(10)17-8-15-2/h4,6-7H,1,5,8-9H2,2-3H3. The zero-order chi connectivity index (χ0) is 13.4. The fourth-order valence-corrected chi connectivity index (χ4v) is 1.82. The third kappa shape index (κ3) is 4.33. The van der Waals surface area contributed by atoms with Crippen LogP contribution < -0.4 is 9.47 Å². The molecule has 0 aliphatic heterocycles. The molecule has 0 aliphatic rings. The van der Waals surface area contributed by atoms with Crippen molar-refractivity contribution in [3.8, 4) is 11.5 Å². The zero-order valence-corrected chi connectivity index (χ0v) is 12.2. The molecule has 0 unspecified atom stereocenters. The highest BCUT2D eigenvalue weighted by molar-refractivity contribution is 9.10. The van der Waals surface area contributed by atoms with Crippen LogP contribution in [0.5, 0.6) is 11.5 Å². The number of methoxy groups -OCH3 is 2. The summed E-state index contributed by atoms with van der Waals surface area (Å²) in [5, 5.41) is 0. The lowest BCUT2D eigenvalue weighted by atomic mass is 10.1. The SMILES string of the molecule is C=CCc1cc(OCOC)c(Br)cc1OCOC. The Morgan fingerprint density at radius 2 is 1.72 bits per heavy atom. The molecule has 0 fully saturated rings. The fraction of sp³-hybridized carbons (Fsp3) is 0.385. The van der Waals surface area contributed by atoms with Crippen LogP contribution in [0, 0.1) is 0 Å². The minimum Gasteiger partial charge on any atom is -0.467 e. The molecule has 0 spiro atoms. The van der Waals surface area contributed by atoms with Crippen molar-refractivity contribution in [3.63, 3.8) is 0 Å². The van der Waals surface area contributed by atoms with Crippen LogP contribution in [0.25, 0.3) is 0 Å². The summed E-state index contributed by atoms with van der Waals surface area (Å²) in [4.78, 5) is 0. The summed E-state index contributed by atoms with van der Waals surface area (Å²) in [7, 11) is 3.16. The molecule has 0 N–H and O–H groups in total. The van der Waals surface area contributed by atoms with E-state index in [0.29, 0.717) is 12.2 Å². The first kappa shape index (κ1) is 15.0. The van der Waals surface area contributed by atoms with Gasteiger partial charge in [-0.1, -0.05) is 6.08 Å². The molecule has 4 nitrogen and oxygen atoms in total. The van der Waals surface area contributed by atoms with Gasteiger partial charge in [0.1, 0.15) is 11.5 Å². The summed E-state index contributed by atoms with van der Waals surface area (Å²) in [5.41, 5.74) is 0.983. The average Bonchev–Trinajstić information content (AvgIpc) is 2.37. The summed E-state index contributed by atoms with van der Waals surface area (Å²) in [6, 6.07) is 3.75. The van der Waals surface area contributed by atoms with Crippen LogP contribution in [-0.4, -0.2) is 27.8 Å². The van der Waals surface area contributed by atoms with E-state index >= 15 is 0 Å². The van der Waals surface area contributed by atoms with Crippen molar-refractivity contribution in [2.24, 2.45) is 0 Å². The van der Waals surface area contributed by atoms with Gasteiger partial charge in [-0.05, 0) is 34.5 Å². The van der Waals surface area contributed by atoms with Crippen molar-refractivity contribution < 1.29 is 18.9 Å². The molecule has 0 bridgehead atoms. The monoisotopic (exact) mass is 316 g/mol. The molecule has 0 aliphatic carbocycles. The number of halogens is 1. The molecule has 1 aromatic carbocycles. The first-order valence-corrected chi connectivity index (χ1v) is 6.19. The van der Waals surface area contributed by atoms with Gasteiger partial charge in [-0.25, -0.2) is 0 Å². The van der Waals surface area contributed by atoms with Gasteiger partial charge in [0.2, 0.25) is 0 Å². The summed E-state index contributed by atoms with van der Waals surface area (Å²) < 4.78 is 21.5. The number of hydrogen-bond donors (Lipinski definition) is 0. The molecule has 0 saturated heterocycles. The van der Waals surface area contributed by atoms with Crippen molar-refractivity contribution in [1.82, 2.24) is 0 Å². The second-order valence-electron chi connectivity index (χ2n) is 3.48. The molecule has 0 saturated carbocycles. The third-order valence-corrected chi connectivity index (χ3v) is 2.76. The molecular formula is C13H17BrO4. The van der Waals surface area contributed by atoms with Crippen LogP contribution in [0.15, 0.2) is 29.3 Å². The maximum atomic E-state index is 5.49. The number of rotatable bonds is 8. The molecule has 5 heteroatoms. The van der Waals surface area contributed by atoms with E-state index in [1.54, 1.807) is 14.2 Å². The van der Waals surface area contributed by atoms with Crippen LogP contribution in [-0.2, 0) is 15.9 Å². The second kappa shape index (κ2) is 8.13. The number of ether oxygens (including phenoxy) is 4. The van der Waals surface area contributed by atoms with Crippen molar-refractivity contribution in [1.29, 1.82) is 0 Å². The molecule has 0 amide bonds. The van der Waals surface area contributed by atoms with E-state index in [9.17, 15) is 0 Å². The molecule has 100 valence electrons. The minimum absolute atomic E-state index is 0.199. The van der Waals surface area contributed by atoms with Crippen molar-refractivity contribution in [2.45, 2.75) is 6.42 Å². The molecular weight excluding hydrogens is 300 g/mol. The van der Waals surface area contributed by atoms with Gasteiger partial charge in [0.15, 0.2) is 13.6 Å². The topological polar surface area (TPSA) is 36.9 Å². The van der Waals surface area contributed by atoms with Crippen molar-refractivity contribution >= 4 is 15.9 Å². The Balaban J connectivity index is 2.95. The quantitative estimate of drug-likeness (QED) is 0.545. The Bertz CT molecular complexity index is 393. The second-order valence-corrected chi connectivity index (χ2v) is 4.34. The highest BCUT2D eigenvalue weighted by atomic mass is 79.9. The molecule has 0 radical (unpaired) electrons. The Kier molecular flexibility index (Phi) is 6.78. The van der Waals surface area contributed by atoms with Crippen molar-refractivity contribution in [3.05, 3.63) is 34.8 Å². The molecule has 0 atom stereocenters. The maximum Gasteiger partial charge on any atom is 0.188 e. The van der Waals surface area contributed by atoms with Crippen LogP contribution in [0.3, 0.4) is 0 Å². The van der Waals surface area contributed by atoms with E-state index in [-0.39, 0.29) is 13.6 Å². The van der Waals surface area contributed by atoms with Gasteiger partial charge in [-0.3, -0.25) is 0 Å². The zero-order valence-electron chi connectivity index (χ0n) is 10.6. The van der Waals surface area contributed by atoms with Crippen LogP contribution in [0.2, 0.25) is 0 Å². The summed E-state index contributed by atoms with van der Waals surface area (Å²) in [5.74, 6) is 1.45. The Morgan fingerprint density at radius 3 is 2.28 bits per heavy atom. The molecule has 1 rings (SSSR count). The summed E-state index contributed by atoms with van der Waals surface area (Å²) in [6.07, 6.45) is 2.50. The lowest BCUT2D eigenvalue weighted by Gasteiger charge is -2.14. The summed E-state index contributed by atoms with van der Waals surface area (Å²) >= 11 is 3.43. The Morgan fingerprint density at radius 1 is 1.11 bits per heavy atom. The third-order valence-electron chi connectivity index (χ3n) is 2.14. The first-order valence-electron chi connectivity index (χ1n) is 5.39. The van der Waals surface area contributed by atoms with Crippen LogP contribution in [0.1, 0.15) is 5.56 Å². The lowest BCUT2D eigenvalue weighted by Crippen LogP contribution is -2.04. The van der Waals surface area contributed by atoms with Gasteiger partial charge in [0.25, 0.3) is 0 Å². The number of allylic oxidation sites excluding steroid dienone is 1. The Hall–Kier alpha value is -1.04. The van der Waals surface area contributed by atoms with E-state index in [1.165, 1.54) is 0 Å². The number of benzene rings is 1. The predicted octanol–water partition coefficient (Wildman–Crippen LogP) is 3.14. The van der Waals surface area contributed by atoms with Crippen LogP contribution in [0.4, 0.5) is 0 Å².